The quantitative estimate of drug-likeness (QED) is 0.835. The Hall–Kier alpha value is -2.67. The predicted molar refractivity (Wildman–Crippen MR) is 116 cm³/mol. The van der Waals surface area contributed by atoms with Gasteiger partial charge in [0.1, 0.15) is 5.75 Å². The molecule has 2 heterocycles. The zero-order valence-electron chi connectivity index (χ0n) is 16.5. The second kappa shape index (κ2) is 8.78. The molecule has 0 atom stereocenters. The number of nitrogens with zero attached hydrogens (tertiary/aromatic N) is 2. The van der Waals surface area contributed by atoms with E-state index in [1.54, 1.807) is 11.8 Å². The number of para-hydroxylation sites is 2. The Balaban J connectivity index is 1.44. The molecule has 0 aliphatic carbocycles. The van der Waals surface area contributed by atoms with E-state index in [9.17, 15) is 9.59 Å². The highest BCUT2D eigenvalue weighted by Crippen LogP contribution is 2.32. The Labute approximate surface area is 175 Å². The first kappa shape index (κ1) is 19.6. The van der Waals surface area contributed by atoms with Crippen LogP contribution in [0, 0.1) is 0 Å². The van der Waals surface area contributed by atoms with Gasteiger partial charge in [0.25, 0.3) is 5.91 Å². The molecule has 0 saturated carbocycles. The van der Waals surface area contributed by atoms with Crippen molar-refractivity contribution in [3.05, 3.63) is 48.0 Å². The Morgan fingerprint density at radius 1 is 1.14 bits per heavy atom. The normalized spacial score (nSPS) is 16.7. The zero-order chi connectivity index (χ0) is 20.2. The minimum atomic E-state index is 0.00225. The topological polar surface area (TPSA) is 61.9 Å². The molecule has 2 aromatic carbocycles. The van der Waals surface area contributed by atoms with Crippen molar-refractivity contribution in [2.45, 2.75) is 18.2 Å². The Morgan fingerprint density at radius 3 is 2.72 bits per heavy atom. The molecule has 2 aromatic rings. The summed E-state index contributed by atoms with van der Waals surface area (Å²) in [6.45, 7) is 5.42. The highest BCUT2D eigenvalue weighted by molar-refractivity contribution is 7.99. The van der Waals surface area contributed by atoms with Crippen molar-refractivity contribution in [2.75, 3.05) is 48.8 Å². The van der Waals surface area contributed by atoms with Crippen LogP contribution in [0.2, 0.25) is 0 Å². The number of anilines is 2. The second-order valence-corrected chi connectivity index (χ2v) is 8.17. The summed E-state index contributed by atoms with van der Waals surface area (Å²) in [5.74, 6) is 1.65. The maximum Gasteiger partial charge on any atom is 0.254 e. The number of rotatable bonds is 4. The van der Waals surface area contributed by atoms with E-state index in [0.29, 0.717) is 31.7 Å². The lowest BCUT2D eigenvalue weighted by atomic mass is 10.1. The molecule has 0 spiro atoms. The fourth-order valence-corrected chi connectivity index (χ4v) is 4.62. The first-order valence-electron chi connectivity index (χ1n) is 9.98. The van der Waals surface area contributed by atoms with Crippen LogP contribution in [-0.2, 0) is 4.79 Å². The zero-order valence-corrected chi connectivity index (χ0v) is 17.3. The van der Waals surface area contributed by atoms with Gasteiger partial charge in [0.2, 0.25) is 5.91 Å². The molecule has 2 aliphatic rings. The van der Waals surface area contributed by atoms with Gasteiger partial charge in [0, 0.05) is 48.8 Å². The van der Waals surface area contributed by atoms with Crippen LogP contribution in [0.1, 0.15) is 23.7 Å². The molecule has 0 aromatic heterocycles. The number of ether oxygens (including phenoxy) is 1. The van der Waals surface area contributed by atoms with Crippen LogP contribution < -0.4 is 15.0 Å². The van der Waals surface area contributed by atoms with E-state index in [1.165, 1.54) is 0 Å². The fourth-order valence-electron chi connectivity index (χ4n) is 3.68. The van der Waals surface area contributed by atoms with E-state index in [2.05, 4.69) is 16.3 Å². The summed E-state index contributed by atoms with van der Waals surface area (Å²) in [5, 5.41) is 2.91. The van der Waals surface area contributed by atoms with Gasteiger partial charge < -0.3 is 19.9 Å². The molecule has 4 rings (SSSR count). The number of nitrogens with one attached hydrogen (secondary N) is 1. The molecule has 7 heteroatoms. The smallest absolute Gasteiger partial charge is 0.254 e. The first-order valence-corrected chi connectivity index (χ1v) is 11.0. The molecule has 1 fully saturated rings. The lowest BCUT2D eigenvalue weighted by molar-refractivity contribution is -0.115. The van der Waals surface area contributed by atoms with E-state index in [1.807, 2.05) is 48.2 Å². The van der Waals surface area contributed by atoms with E-state index >= 15 is 0 Å². The largest absolute Gasteiger partial charge is 0.492 e. The molecule has 2 aliphatic heterocycles. The second-order valence-electron chi connectivity index (χ2n) is 7.04. The number of amides is 2. The van der Waals surface area contributed by atoms with Crippen LogP contribution in [0.25, 0.3) is 0 Å². The van der Waals surface area contributed by atoms with E-state index in [0.717, 1.165) is 40.9 Å². The molecule has 2 amide bonds. The van der Waals surface area contributed by atoms with Gasteiger partial charge in [-0.1, -0.05) is 12.1 Å². The Morgan fingerprint density at radius 2 is 1.93 bits per heavy atom. The highest BCUT2D eigenvalue weighted by Gasteiger charge is 2.25. The summed E-state index contributed by atoms with van der Waals surface area (Å²) < 4.78 is 5.75. The summed E-state index contributed by atoms with van der Waals surface area (Å²) >= 11 is 1.65. The molecule has 0 bridgehead atoms. The minimum absolute atomic E-state index is 0.00225. The minimum Gasteiger partial charge on any atom is -0.492 e. The summed E-state index contributed by atoms with van der Waals surface area (Å²) in [6.07, 6.45) is 0.494. The van der Waals surface area contributed by atoms with Gasteiger partial charge in [0.15, 0.2) is 0 Å². The number of fused-ring (bicyclic) bond motifs is 1. The molecule has 6 nitrogen and oxygen atoms in total. The van der Waals surface area contributed by atoms with Crippen molar-refractivity contribution < 1.29 is 14.3 Å². The number of hydrogen-bond donors (Lipinski definition) is 1. The van der Waals surface area contributed by atoms with Crippen molar-refractivity contribution in [2.24, 2.45) is 0 Å². The maximum absolute atomic E-state index is 13.0. The number of benzene rings is 2. The summed E-state index contributed by atoms with van der Waals surface area (Å²) in [4.78, 5) is 30.0. The summed E-state index contributed by atoms with van der Waals surface area (Å²) in [5.41, 5.74) is 2.44. The number of hydrogen-bond acceptors (Lipinski definition) is 5. The number of carbonyl (C=O) groups excluding carboxylic acids is 2. The van der Waals surface area contributed by atoms with Crippen molar-refractivity contribution in [3.8, 4) is 5.75 Å². The van der Waals surface area contributed by atoms with Crippen LogP contribution in [0.15, 0.2) is 47.4 Å². The van der Waals surface area contributed by atoms with Crippen molar-refractivity contribution in [3.63, 3.8) is 0 Å². The van der Waals surface area contributed by atoms with Crippen LogP contribution in [-0.4, -0.2) is 55.3 Å². The first-order chi connectivity index (χ1) is 14.2. The molecule has 0 radical (unpaired) electrons. The van der Waals surface area contributed by atoms with E-state index in [-0.39, 0.29) is 11.8 Å². The molecule has 1 saturated heterocycles. The molecule has 1 N–H and O–H groups in total. The maximum atomic E-state index is 13.0. The summed E-state index contributed by atoms with van der Waals surface area (Å²) in [7, 11) is 0. The van der Waals surface area contributed by atoms with Crippen molar-refractivity contribution in [1.82, 2.24) is 4.90 Å². The van der Waals surface area contributed by atoms with Crippen LogP contribution >= 0.6 is 11.8 Å². The third kappa shape index (κ3) is 4.34. The predicted octanol–water partition coefficient (Wildman–Crippen LogP) is 3.48. The number of carbonyl (C=O) groups is 2. The van der Waals surface area contributed by atoms with Gasteiger partial charge in [-0.2, -0.15) is 0 Å². The fraction of sp³-hybridized carbons (Fsp3) is 0.364. The van der Waals surface area contributed by atoms with Crippen LogP contribution in [0.3, 0.4) is 0 Å². The van der Waals surface area contributed by atoms with Gasteiger partial charge in [-0.3, -0.25) is 9.59 Å². The SMILES string of the molecule is CCOc1ccccc1N1CCN(C(=O)c2ccc3c(c2)NC(=O)CCS3)CC1. The van der Waals surface area contributed by atoms with Gasteiger partial charge in [-0.05, 0) is 37.3 Å². The average Bonchev–Trinajstić information content (AvgIpc) is 2.94. The number of piperazine rings is 1. The highest BCUT2D eigenvalue weighted by atomic mass is 32.2. The number of thioether (sulfide) groups is 1. The Bertz CT molecular complexity index is 910. The van der Waals surface area contributed by atoms with E-state index < -0.39 is 0 Å². The van der Waals surface area contributed by atoms with Gasteiger partial charge in [-0.15, -0.1) is 11.8 Å². The Kier molecular flexibility index (Phi) is 5.94. The van der Waals surface area contributed by atoms with Crippen molar-refractivity contribution >= 4 is 35.0 Å². The van der Waals surface area contributed by atoms with Gasteiger partial charge >= 0.3 is 0 Å². The third-order valence-corrected chi connectivity index (χ3v) is 6.24. The third-order valence-electron chi connectivity index (χ3n) is 5.16. The van der Waals surface area contributed by atoms with Crippen molar-refractivity contribution in [1.29, 1.82) is 0 Å². The molecular formula is C22H25N3O3S. The van der Waals surface area contributed by atoms with E-state index in [4.69, 9.17) is 4.74 Å². The molecule has 152 valence electrons. The molecule has 29 heavy (non-hydrogen) atoms. The van der Waals surface area contributed by atoms with Gasteiger partial charge in [0.05, 0.1) is 18.0 Å². The monoisotopic (exact) mass is 411 g/mol. The molecular weight excluding hydrogens is 386 g/mol. The lowest BCUT2D eigenvalue weighted by Gasteiger charge is -2.36. The van der Waals surface area contributed by atoms with Crippen LogP contribution in [0.5, 0.6) is 5.75 Å². The standard InChI is InChI=1S/C22H25N3O3S/c1-2-28-19-6-4-3-5-18(19)24-10-12-25(13-11-24)22(27)16-7-8-20-17(15-16)23-21(26)9-14-29-20/h3-8,15H,2,9-14H2,1H3,(H,23,26). The molecule has 0 unspecified atom stereocenters. The average molecular weight is 412 g/mol. The van der Waals surface area contributed by atoms with Gasteiger partial charge in [-0.25, -0.2) is 0 Å². The van der Waals surface area contributed by atoms with Crippen LogP contribution in [0.4, 0.5) is 11.4 Å². The summed E-state index contributed by atoms with van der Waals surface area (Å²) in [6, 6.07) is 13.6. The lowest BCUT2D eigenvalue weighted by Crippen LogP contribution is -2.48.